The Balaban J connectivity index is 1.75. The second kappa shape index (κ2) is 6.42. The van der Waals surface area contributed by atoms with Crippen LogP contribution in [0, 0.1) is 0 Å². The summed E-state index contributed by atoms with van der Waals surface area (Å²) in [5.41, 5.74) is 0.706. The van der Waals surface area contributed by atoms with E-state index in [0.717, 1.165) is 0 Å². The number of halogens is 1. The summed E-state index contributed by atoms with van der Waals surface area (Å²) in [7, 11) is 0. The molecule has 0 aliphatic rings. The number of nitrogens with one attached hydrogen (secondary N) is 2. The van der Waals surface area contributed by atoms with Crippen LogP contribution < -0.4 is 5.32 Å². The summed E-state index contributed by atoms with van der Waals surface area (Å²) in [6.07, 6.45) is 1.84. The molecule has 0 radical (unpaired) electrons. The van der Waals surface area contributed by atoms with E-state index < -0.39 is 0 Å². The van der Waals surface area contributed by atoms with Crippen molar-refractivity contribution in [3.8, 4) is 0 Å². The lowest BCUT2D eigenvalue weighted by Crippen LogP contribution is -2.12. The van der Waals surface area contributed by atoms with Crippen molar-refractivity contribution < 1.29 is 4.79 Å². The quantitative estimate of drug-likeness (QED) is 0.827. The van der Waals surface area contributed by atoms with Crippen molar-refractivity contribution in [2.24, 2.45) is 0 Å². The molecule has 0 saturated heterocycles. The van der Waals surface area contributed by atoms with Gasteiger partial charge in [-0.1, -0.05) is 29.4 Å². The van der Waals surface area contributed by atoms with Gasteiger partial charge in [-0.15, -0.1) is 0 Å². The van der Waals surface area contributed by atoms with Crippen molar-refractivity contribution in [1.82, 2.24) is 15.2 Å². The summed E-state index contributed by atoms with van der Waals surface area (Å²) in [5.74, 6) is 0.589. The van der Waals surface area contributed by atoms with E-state index in [4.69, 9.17) is 11.6 Å². The van der Waals surface area contributed by atoms with Gasteiger partial charge in [-0.3, -0.25) is 9.89 Å². The van der Waals surface area contributed by atoms with Crippen LogP contribution in [0.25, 0.3) is 0 Å². The zero-order valence-corrected chi connectivity index (χ0v) is 11.0. The average Bonchev–Trinajstić information content (AvgIpc) is 2.82. The van der Waals surface area contributed by atoms with E-state index in [0.29, 0.717) is 28.0 Å². The monoisotopic (exact) mass is 282 g/mol. The zero-order chi connectivity index (χ0) is 12.8. The summed E-state index contributed by atoms with van der Waals surface area (Å²) in [4.78, 5) is 15.6. The second-order valence-electron chi connectivity index (χ2n) is 3.45. The van der Waals surface area contributed by atoms with Crippen molar-refractivity contribution >= 4 is 35.0 Å². The Morgan fingerprint density at radius 3 is 3.11 bits per heavy atom. The number of H-pyrrole nitrogens is 1. The fraction of sp³-hybridized carbons (Fsp3) is 0.182. The summed E-state index contributed by atoms with van der Waals surface area (Å²) >= 11 is 7.28. The van der Waals surface area contributed by atoms with Gasteiger partial charge in [0, 0.05) is 22.9 Å². The van der Waals surface area contributed by atoms with E-state index in [-0.39, 0.29) is 5.91 Å². The van der Waals surface area contributed by atoms with Crippen LogP contribution in [0.15, 0.2) is 35.7 Å². The molecule has 7 heteroatoms. The number of hydrogen-bond acceptors (Lipinski definition) is 4. The van der Waals surface area contributed by atoms with Crippen molar-refractivity contribution in [1.29, 1.82) is 0 Å². The van der Waals surface area contributed by atoms with E-state index in [9.17, 15) is 4.79 Å². The maximum absolute atomic E-state index is 11.6. The molecule has 1 amide bonds. The molecule has 0 spiro atoms. The van der Waals surface area contributed by atoms with Crippen molar-refractivity contribution in [3.05, 3.63) is 35.6 Å². The van der Waals surface area contributed by atoms with Crippen LogP contribution in [0.3, 0.4) is 0 Å². The molecule has 1 heterocycles. The van der Waals surface area contributed by atoms with E-state index >= 15 is 0 Å². The van der Waals surface area contributed by atoms with Gasteiger partial charge in [0.15, 0.2) is 5.16 Å². The van der Waals surface area contributed by atoms with Gasteiger partial charge in [0.2, 0.25) is 5.91 Å². The van der Waals surface area contributed by atoms with Gasteiger partial charge < -0.3 is 5.32 Å². The van der Waals surface area contributed by atoms with Gasteiger partial charge in [-0.2, -0.15) is 5.10 Å². The number of aromatic amines is 1. The summed E-state index contributed by atoms with van der Waals surface area (Å²) in [5, 5.41) is 10.5. The Morgan fingerprint density at radius 2 is 2.39 bits per heavy atom. The molecule has 0 bridgehead atoms. The van der Waals surface area contributed by atoms with Crippen LogP contribution in [0.2, 0.25) is 5.02 Å². The Bertz CT molecular complexity index is 518. The number of thioether (sulfide) groups is 1. The predicted octanol–water partition coefficient (Wildman–Crippen LogP) is 2.58. The largest absolute Gasteiger partial charge is 0.326 e. The molecule has 2 aromatic rings. The molecule has 5 nitrogen and oxygen atoms in total. The summed E-state index contributed by atoms with van der Waals surface area (Å²) in [6, 6.07) is 7.06. The van der Waals surface area contributed by atoms with Gasteiger partial charge in [0.25, 0.3) is 0 Å². The van der Waals surface area contributed by atoms with Crippen molar-refractivity contribution in [2.45, 2.75) is 11.6 Å². The Hall–Kier alpha value is -1.53. The first-order valence-corrected chi connectivity index (χ1v) is 6.64. The highest BCUT2D eigenvalue weighted by atomic mass is 35.5. The van der Waals surface area contributed by atoms with Crippen LogP contribution >= 0.6 is 23.4 Å². The molecule has 0 unspecified atom stereocenters. The smallest absolute Gasteiger partial charge is 0.225 e. The van der Waals surface area contributed by atoms with Crippen LogP contribution in [-0.2, 0) is 4.79 Å². The molecule has 2 N–H and O–H groups in total. The third-order valence-electron chi connectivity index (χ3n) is 2.07. The number of benzene rings is 1. The van der Waals surface area contributed by atoms with Gasteiger partial charge in [-0.25, -0.2) is 4.98 Å². The molecule has 18 heavy (non-hydrogen) atoms. The number of rotatable bonds is 5. The molecule has 0 fully saturated rings. The van der Waals surface area contributed by atoms with Crippen molar-refractivity contribution in [2.75, 3.05) is 11.1 Å². The molecule has 2 rings (SSSR count). The molecule has 0 aliphatic carbocycles. The number of carbonyl (C=O) groups is 1. The number of amides is 1. The number of anilines is 1. The average molecular weight is 283 g/mol. The van der Waals surface area contributed by atoms with Crippen molar-refractivity contribution in [3.63, 3.8) is 0 Å². The highest BCUT2D eigenvalue weighted by Crippen LogP contribution is 2.16. The first kappa shape index (κ1) is 12.9. The fourth-order valence-electron chi connectivity index (χ4n) is 1.29. The minimum absolute atomic E-state index is 0.0516. The van der Waals surface area contributed by atoms with Gasteiger partial charge in [0.1, 0.15) is 6.33 Å². The lowest BCUT2D eigenvalue weighted by atomic mass is 10.3. The van der Waals surface area contributed by atoms with Gasteiger partial charge in [0.05, 0.1) is 0 Å². The second-order valence-corrected chi connectivity index (χ2v) is 4.97. The molecular formula is C11H11ClN4OS. The van der Waals surface area contributed by atoms with Gasteiger partial charge >= 0.3 is 0 Å². The highest BCUT2D eigenvalue weighted by Gasteiger charge is 2.04. The van der Waals surface area contributed by atoms with E-state index in [2.05, 4.69) is 20.5 Å². The Kier molecular flexibility index (Phi) is 4.60. The van der Waals surface area contributed by atoms with E-state index in [1.807, 2.05) is 0 Å². The summed E-state index contributed by atoms with van der Waals surface area (Å²) < 4.78 is 0. The molecule has 1 aromatic carbocycles. The van der Waals surface area contributed by atoms with Crippen LogP contribution in [0.1, 0.15) is 6.42 Å². The standard InChI is InChI=1S/C11H11ClN4OS/c12-8-2-1-3-9(6-8)15-10(17)4-5-18-11-13-7-14-16-11/h1-3,6-7H,4-5H2,(H,15,17)(H,13,14,16). The first-order chi connectivity index (χ1) is 8.74. The summed E-state index contributed by atoms with van der Waals surface area (Å²) in [6.45, 7) is 0. The molecule has 0 atom stereocenters. The minimum atomic E-state index is -0.0516. The Morgan fingerprint density at radius 1 is 1.50 bits per heavy atom. The maximum atomic E-state index is 11.6. The third-order valence-corrected chi connectivity index (χ3v) is 3.18. The fourth-order valence-corrected chi connectivity index (χ4v) is 2.20. The minimum Gasteiger partial charge on any atom is -0.326 e. The maximum Gasteiger partial charge on any atom is 0.225 e. The first-order valence-electron chi connectivity index (χ1n) is 5.27. The molecule has 0 aliphatic heterocycles. The zero-order valence-electron chi connectivity index (χ0n) is 9.39. The topological polar surface area (TPSA) is 70.7 Å². The molecular weight excluding hydrogens is 272 g/mol. The predicted molar refractivity (Wildman–Crippen MR) is 71.8 cm³/mol. The van der Waals surface area contributed by atoms with Crippen LogP contribution in [0.4, 0.5) is 5.69 Å². The van der Waals surface area contributed by atoms with E-state index in [1.54, 1.807) is 24.3 Å². The number of hydrogen-bond donors (Lipinski definition) is 2. The molecule has 94 valence electrons. The lowest BCUT2D eigenvalue weighted by molar-refractivity contribution is -0.115. The lowest BCUT2D eigenvalue weighted by Gasteiger charge is -2.04. The molecule has 1 aromatic heterocycles. The van der Waals surface area contributed by atoms with Crippen LogP contribution in [0.5, 0.6) is 0 Å². The number of carbonyl (C=O) groups excluding carboxylic acids is 1. The number of nitrogens with zero attached hydrogens (tertiary/aromatic N) is 2. The van der Waals surface area contributed by atoms with Gasteiger partial charge in [-0.05, 0) is 18.2 Å². The highest BCUT2D eigenvalue weighted by molar-refractivity contribution is 7.99. The molecule has 0 saturated carbocycles. The van der Waals surface area contributed by atoms with E-state index in [1.165, 1.54) is 18.1 Å². The van der Waals surface area contributed by atoms with Crippen LogP contribution in [-0.4, -0.2) is 26.8 Å². The Labute approximate surface area is 113 Å². The normalized spacial score (nSPS) is 10.3. The third kappa shape index (κ3) is 4.05. The SMILES string of the molecule is O=C(CCSc1ncn[nH]1)Nc1cccc(Cl)c1. The number of aromatic nitrogens is 3.